The van der Waals surface area contributed by atoms with Crippen molar-refractivity contribution in [2.45, 2.75) is 30.4 Å². The van der Waals surface area contributed by atoms with Gasteiger partial charge >= 0.3 is 0 Å². The number of β-amino-alcohol motifs (C(OH)–C–C–N with tert-alkyl or cyclic N) is 1. The van der Waals surface area contributed by atoms with E-state index in [-0.39, 0.29) is 22.9 Å². The van der Waals surface area contributed by atoms with E-state index in [0.717, 1.165) is 0 Å². The Morgan fingerprint density at radius 1 is 1.35 bits per heavy atom. The quantitative estimate of drug-likeness (QED) is 0.760. The normalized spacial score (nSPS) is 18.6. The highest BCUT2D eigenvalue weighted by Crippen LogP contribution is 2.21. The van der Waals surface area contributed by atoms with Crippen LogP contribution in [0.4, 0.5) is 0 Å². The van der Waals surface area contributed by atoms with E-state index < -0.39 is 16.1 Å². The minimum Gasteiger partial charge on any atom is -0.392 e. The number of nitrogens with one attached hydrogen (secondary N) is 1. The fourth-order valence-corrected chi connectivity index (χ4v) is 4.47. The molecule has 0 radical (unpaired) electrons. The average molecular weight is 378 g/mol. The second-order valence-electron chi connectivity index (χ2n) is 6.21. The maximum Gasteiger partial charge on any atom is 0.251 e. The molecule has 2 aromatic rings. The van der Waals surface area contributed by atoms with Crippen LogP contribution in [0.3, 0.4) is 0 Å². The summed E-state index contributed by atoms with van der Waals surface area (Å²) >= 11 is 0. The molecule has 1 amide bonds. The lowest BCUT2D eigenvalue weighted by Crippen LogP contribution is -2.42. The van der Waals surface area contributed by atoms with Gasteiger partial charge in [0.1, 0.15) is 0 Å². The summed E-state index contributed by atoms with van der Waals surface area (Å²) in [6, 6.07) is 7.77. The van der Waals surface area contributed by atoms with Crippen LogP contribution < -0.4 is 5.32 Å². The Balaban J connectivity index is 1.67. The van der Waals surface area contributed by atoms with Gasteiger partial charge in [0, 0.05) is 37.6 Å². The molecule has 1 aliphatic rings. The van der Waals surface area contributed by atoms with Gasteiger partial charge < -0.3 is 10.4 Å². The van der Waals surface area contributed by atoms with E-state index in [0.29, 0.717) is 32.5 Å². The Morgan fingerprint density at radius 3 is 2.92 bits per heavy atom. The Hall–Kier alpha value is -2.23. The Morgan fingerprint density at radius 2 is 2.19 bits per heavy atom. The molecule has 8 nitrogen and oxygen atoms in total. The molecule has 1 atom stereocenters. The van der Waals surface area contributed by atoms with Gasteiger partial charge in [-0.25, -0.2) is 8.42 Å². The first-order valence-corrected chi connectivity index (χ1v) is 9.95. The second-order valence-corrected chi connectivity index (χ2v) is 8.15. The summed E-state index contributed by atoms with van der Waals surface area (Å²) in [6.07, 6.45) is 4.03. The molecule has 9 heteroatoms. The van der Waals surface area contributed by atoms with E-state index in [4.69, 9.17) is 0 Å². The molecule has 1 fully saturated rings. The summed E-state index contributed by atoms with van der Waals surface area (Å²) in [5, 5.41) is 16.5. The molecule has 0 aliphatic carbocycles. The summed E-state index contributed by atoms with van der Waals surface area (Å²) in [7, 11) is -3.73. The number of nitrogens with zero attached hydrogens (tertiary/aromatic N) is 3. The van der Waals surface area contributed by atoms with Crippen LogP contribution in [0.1, 0.15) is 23.2 Å². The monoisotopic (exact) mass is 378 g/mol. The minimum absolute atomic E-state index is 0.0614. The molecule has 2 heterocycles. The van der Waals surface area contributed by atoms with Crippen LogP contribution in [0.5, 0.6) is 0 Å². The first-order valence-electron chi connectivity index (χ1n) is 8.51. The van der Waals surface area contributed by atoms with Crippen LogP contribution in [-0.4, -0.2) is 59.3 Å². The number of hydrogen-bond acceptors (Lipinski definition) is 5. The molecule has 26 heavy (non-hydrogen) atoms. The van der Waals surface area contributed by atoms with Crippen LogP contribution in [0, 0.1) is 0 Å². The number of amides is 1. The Labute approximate surface area is 152 Å². The number of aliphatic hydroxyl groups is 1. The SMILES string of the molecule is O=C(NCCn1cccn1)c1cccc(S(=O)(=O)N2CCC[C@H](O)C2)c1. The van der Waals surface area contributed by atoms with Crippen LogP contribution in [0.15, 0.2) is 47.6 Å². The van der Waals surface area contributed by atoms with E-state index >= 15 is 0 Å². The largest absolute Gasteiger partial charge is 0.392 e. The Bertz CT molecular complexity index is 851. The topological polar surface area (TPSA) is 105 Å². The predicted octanol–water partition coefficient (Wildman–Crippen LogP) is 0.458. The number of carbonyl (C=O) groups is 1. The zero-order chi connectivity index (χ0) is 18.6. The third kappa shape index (κ3) is 4.29. The van der Waals surface area contributed by atoms with E-state index in [1.54, 1.807) is 35.3 Å². The molecule has 2 N–H and O–H groups in total. The van der Waals surface area contributed by atoms with Crippen LogP contribution in [0.2, 0.25) is 0 Å². The summed E-state index contributed by atoms with van der Waals surface area (Å²) < 4.78 is 28.5. The summed E-state index contributed by atoms with van der Waals surface area (Å²) in [5.41, 5.74) is 0.282. The highest BCUT2D eigenvalue weighted by Gasteiger charge is 2.29. The van der Waals surface area contributed by atoms with Crippen molar-refractivity contribution in [3.05, 3.63) is 48.3 Å². The lowest BCUT2D eigenvalue weighted by Gasteiger charge is -2.29. The summed E-state index contributed by atoms with van der Waals surface area (Å²) in [4.78, 5) is 12.4. The van der Waals surface area contributed by atoms with Gasteiger partial charge in [0.15, 0.2) is 0 Å². The molecule has 3 rings (SSSR count). The van der Waals surface area contributed by atoms with E-state index in [1.807, 2.05) is 0 Å². The highest BCUT2D eigenvalue weighted by molar-refractivity contribution is 7.89. The lowest BCUT2D eigenvalue weighted by atomic mass is 10.1. The van der Waals surface area contributed by atoms with E-state index in [2.05, 4.69) is 10.4 Å². The van der Waals surface area contributed by atoms with Gasteiger partial charge in [-0.15, -0.1) is 0 Å². The second kappa shape index (κ2) is 7.98. The number of carbonyl (C=O) groups excluding carboxylic acids is 1. The van der Waals surface area contributed by atoms with E-state index in [1.165, 1.54) is 16.4 Å². The molecule has 0 unspecified atom stereocenters. The average Bonchev–Trinajstić information content (AvgIpc) is 3.15. The van der Waals surface area contributed by atoms with Crippen molar-refractivity contribution in [1.29, 1.82) is 0 Å². The number of benzene rings is 1. The lowest BCUT2D eigenvalue weighted by molar-refractivity contribution is 0.0951. The molecular formula is C17H22N4O4S. The minimum atomic E-state index is -3.73. The first kappa shape index (κ1) is 18.6. The molecule has 0 spiro atoms. The van der Waals surface area contributed by atoms with Crippen molar-refractivity contribution in [2.24, 2.45) is 0 Å². The zero-order valence-corrected chi connectivity index (χ0v) is 15.1. The predicted molar refractivity (Wildman–Crippen MR) is 95.0 cm³/mol. The molecule has 1 aromatic heterocycles. The molecule has 1 aromatic carbocycles. The summed E-state index contributed by atoms with van der Waals surface area (Å²) in [6.45, 7) is 1.38. The third-order valence-electron chi connectivity index (χ3n) is 4.28. The molecule has 0 bridgehead atoms. The van der Waals surface area contributed by atoms with E-state index in [9.17, 15) is 18.3 Å². The third-order valence-corrected chi connectivity index (χ3v) is 6.14. The number of rotatable bonds is 6. The van der Waals surface area contributed by atoms with Gasteiger partial charge in [-0.1, -0.05) is 6.07 Å². The van der Waals surface area contributed by atoms with Gasteiger partial charge in [0.05, 0.1) is 17.5 Å². The fourth-order valence-electron chi connectivity index (χ4n) is 2.90. The van der Waals surface area contributed by atoms with Crippen molar-refractivity contribution >= 4 is 15.9 Å². The van der Waals surface area contributed by atoms with Crippen molar-refractivity contribution in [3.8, 4) is 0 Å². The van der Waals surface area contributed by atoms with Gasteiger partial charge in [0.2, 0.25) is 10.0 Å². The van der Waals surface area contributed by atoms with Crippen molar-refractivity contribution in [1.82, 2.24) is 19.4 Å². The maximum atomic E-state index is 12.7. The van der Waals surface area contributed by atoms with Crippen LogP contribution in [-0.2, 0) is 16.6 Å². The number of aromatic nitrogens is 2. The van der Waals surface area contributed by atoms with Crippen molar-refractivity contribution in [3.63, 3.8) is 0 Å². The maximum absolute atomic E-state index is 12.7. The smallest absolute Gasteiger partial charge is 0.251 e. The van der Waals surface area contributed by atoms with Crippen LogP contribution >= 0.6 is 0 Å². The van der Waals surface area contributed by atoms with Gasteiger partial charge in [-0.3, -0.25) is 9.48 Å². The number of sulfonamides is 1. The van der Waals surface area contributed by atoms with Crippen molar-refractivity contribution in [2.75, 3.05) is 19.6 Å². The van der Waals surface area contributed by atoms with Gasteiger partial charge in [-0.05, 0) is 37.1 Å². The summed E-state index contributed by atoms with van der Waals surface area (Å²) in [5.74, 6) is -0.340. The molecule has 1 saturated heterocycles. The van der Waals surface area contributed by atoms with Gasteiger partial charge in [-0.2, -0.15) is 9.40 Å². The molecular weight excluding hydrogens is 356 g/mol. The van der Waals surface area contributed by atoms with Crippen LogP contribution in [0.25, 0.3) is 0 Å². The van der Waals surface area contributed by atoms with Crippen molar-refractivity contribution < 1.29 is 18.3 Å². The van der Waals surface area contributed by atoms with Gasteiger partial charge in [0.25, 0.3) is 5.91 Å². The number of aliphatic hydroxyl groups excluding tert-OH is 1. The fraction of sp³-hybridized carbons (Fsp3) is 0.412. The first-order chi connectivity index (χ1) is 12.5. The number of piperidine rings is 1. The molecule has 0 saturated carbocycles. The molecule has 1 aliphatic heterocycles. The highest BCUT2D eigenvalue weighted by atomic mass is 32.2. The number of hydrogen-bond donors (Lipinski definition) is 2. The zero-order valence-electron chi connectivity index (χ0n) is 14.3. The standard InChI is InChI=1S/C17H22N4O4S/c22-15-5-2-10-21(13-15)26(24,25)16-6-1-4-14(12-16)17(23)18-8-11-20-9-3-7-19-20/h1,3-4,6-7,9,12,15,22H,2,5,8,10-11,13H2,(H,18,23)/t15-/m0/s1. The Kier molecular flexibility index (Phi) is 5.70. The molecule has 140 valence electrons.